The first-order valence-electron chi connectivity index (χ1n) is 1.48. The van der Waals surface area contributed by atoms with Gasteiger partial charge in [-0.1, -0.05) is 0 Å². The van der Waals surface area contributed by atoms with E-state index >= 15 is 0 Å². The first-order chi connectivity index (χ1) is 4.46. The molecule has 7 nitrogen and oxygen atoms in total. The minimum atomic E-state index is -2.33. The van der Waals surface area contributed by atoms with E-state index in [9.17, 15) is 0 Å². The maximum Gasteiger partial charge on any atom is 2.00 e. The molecule has 0 saturated heterocycles. The average Bonchev–Trinajstić information content (AvgIpc) is 1.66. The van der Waals surface area contributed by atoms with Crippen molar-refractivity contribution in [2.75, 3.05) is 0 Å². The second-order valence-electron chi connectivity index (χ2n) is 0.500. The van der Waals surface area contributed by atoms with Crippen LogP contribution in [0.5, 0.6) is 0 Å². The Bertz CT molecular complexity index is 74.4. The number of hydrogen-bond acceptors (Lipinski definition) is 7. The fourth-order valence-corrected chi connectivity index (χ4v) is 0. The topological polar surface area (TPSA) is 147 Å². The van der Waals surface area contributed by atoms with E-state index < -0.39 is 12.3 Å². The molecule has 0 aliphatic heterocycles. The summed E-state index contributed by atoms with van der Waals surface area (Å²) in [6.45, 7) is 0. The van der Waals surface area contributed by atoms with Crippen molar-refractivity contribution in [1.82, 2.24) is 0 Å². The zero-order valence-corrected chi connectivity index (χ0v) is 9.30. The van der Waals surface area contributed by atoms with Crippen LogP contribution >= 0.6 is 0 Å². The number of carbonyl (C=O) groups excluding carboxylic acids is 2. The van der Waals surface area contributed by atoms with Crippen molar-refractivity contribution in [3.8, 4) is 0 Å². The predicted octanol–water partition coefficient (Wildman–Crippen LogP) is -5.83. The molecule has 0 fully saturated rings. The monoisotopic (exact) mass is 228 g/mol. The summed E-state index contributed by atoms with van der Waals surface area (Å²) < 4.78 is 6.92. The molecule has 0 aliphatic rings. The molecular weight excluding hydrogens is 228 g/mol. The summed E-state index contributed by atoms with van der Waals surface area (Å²) >= 11 is 1.42. The van der Waals surface area contributed by atoms with E-state index in [-0.39, 0.29) is 19.5 Å². The molecule has 0 atom stereocenters. The standard InChI is InChI=1S/2CH2O3.Al.H2O.Zn/c2*2-1(3)4;;;/h2*(H2,2,3,4);;1H2;/q;;+3;;+2/p-5. The van der Waals surface area contributed by atoms with Crippen molar-refractivity contribution in [2.24, 2.45) is 0 Å². The maximum absolute atomic E-state index is 8.33. The average molecular weight is 229 g/mol. The van der Waals surface area contributed by atoms with Gasteiger partial charge in [0, 0.05) is 0 Å². The zero-order chi connectivity index (χ0) is 9.15. The molecule has 0 amide bonds. The maximum atomic E-state index is 8.33. The quantitative estimate of drug-likeness (QED) is 0.407. The van der Waals surface area contributed by atoms with Crippen LogP contribution in [0.1, 0.15) is 0 Å². The molecule has 1 N–H and O–H groups in total. The van der Waals surface area contributed by atoms with E-state index in [1.807, 2.05) is 0 Å². The molecule has 0 rings (SSSR count). The van der Waals surface area contributed by atoms with E-state index in [2.05, 4.69) is 0 Å². The minimum Gasteiger partial charge on any atom is 2.00 e. The van der Waals surface area contributed by atoms with Crippen LogP contribution < -0.4 is 20.4 Å². The van der Waals surface area contributed by atoms with Gasteiger partial charge in [-0.25, -0.2) is 0 Å². The molecule has 0 aromatic carbocycles. The van der Waals surface area contributed by atoms with Gasteiger partial charge in [-0.05, 0) is 12.3 Å². The van der Waals surface area contributed by atoms with Crippen LogP contribution in [0.4, 0.5) is 9.59 Å². The smallest absolute Gasteiger partial charge is 2.00 e. The summed E-state index contributed by atoms with van der Waals surface area (Å²) in [6, 6.07) is 0. The predicted molar refractivity (Wildman–Crippen MR) is 18.8 cm³/mol. The van der Waals surface area contributed by atoms with Gasteiger partial charge in [-0.2, -0.15) is 0 Å². The van der Waals surface area contributed by atoms with Crippen LogP contribution in [0.2, 0.25) is 0 Å². The molecular formula is C2HAlO7Zn. The van der Waals surface area contributed by atoms with Crippen LogP contribution in [0.15, 0.2) is 0 Å². The molecule has 0 aliphatic carbocycles. The van der Waals surface area contributed by atoms with Gasteiger partial charge in [0.2, 0.25) is 0 Å². The third-order valence-electron chi connectivity index (χ3n) is 0. The Balaban J connectivity index is -0.0000000339. The first kappa shape index (κ1) is 22.4. The molecule has 0 heterocycles. The SMILES string of the molecule is O=C([O-])[O-].O=C([O-])[O-].[OH][Al+2].[Zn+2]. The Labute approximate surface area is 82.8 Å². The first-order valence-corrected chi connectivity index (χ1v) is 2.00. The van der Waals surface area contributed by atoms with Gasteiger partial charge in [0.1, 0.15) is 0 Å². The number of hydrogen-bond donors (Lipinski definition) is 1. The summed E-state index contributed by atoms with van der Waals surface area (Å²) in [7, 11) is 0. The molecule has 56 valence electrons. The molecule has 0 radical (unpaired) electrons. The van der Waals surface area contributed by atoms with Gasteiger partial charge >= 0.3 is 40.3 Å². The molecule has 0 aromatic rings. The van der Waals surface area contributed by atoms with Crippen LogP contribution in [0, 0.1) is 0 Å². The Hall–Kier alpha value is -0.344. The van der Waals surface area contributed by atoms with Gasteiger partial charge in [-0.3, -0.25) is 0 Å². The van der Waals surface area contributed by atoms with Crippen LogP contribution in [-0.2, 0) is 19.5 Å². The largest absolute Gasteiger partial charge is 2.00 e. The second-order valence-corrected chi connectivity index (χ2v) is 0.500. The summed E-state index contributed by atoms with van der Waals surface area (Å²) in [5, 5.41) is 33.3. The van der Waals surface area contributed by atoms with Crippen LogP contribution in [0.25, 0.3) is 0 Å². The van der Waals surface area contributed by atoms with Gasteiger partial charge in [0.05, 0.1) is 0 Å². The van der Waals surface area contributed by atoms with Gasteiger partial charge in [0.25, 0.3) is 0 Å². The number of carboxylic acid groups (broad SMARTS) is 4. The summed E-state index contributed by atoms with van der Waals surface area (Å²) in [6.07, 6.45) is -4.67. The van der Waals surface area contributed by atoms with E-state index in [1.54, 1.807) is 0 Å². The molecule has 0 unspecified atom stereocenters. The Morgan fingerprint density at radius 3 is 0.909 bits per heavy atom. The summed E-state index contributed by atoms with van der Waals surface area (Å²) in [4.78, 5) is 16.7. The Morgan fingerprint density at radius 2 is 0.909 bits per heavy atom. The minimum absolute atomic E-state index is 0. The van der Waals surface area contributed by atoms with Crippen molar-refractivity contribution < 1.29 is 53.7 Å². The van der Waals surface area contributed by atoms with E-state index in [1.165, 1.54) is 16.6 Å². The van der Waals surface area contributed by atoms with E-state index in [4.69, 9.17) is 34.2 Å². The van der Waals surface area contributed by atoms with Crippen molar-refractivity contribution in [3.05, 3.63) is 0 Å². The van der Waals surface area contributed by atoms with Gasteiger partial charge < -0.3 is 30.0 Å². The number of rotatable bonds is 0. The van der Waals surface area contributed by atoms with Gasteiger partial charge in [-0.15, -0.1) is 0 Å². The van der Waals surface area contributed by atoms with Crippen LogP contribution in [-0.4, -0.2) is 33.1 Å². The van der Waals surface area contributed by atoms with Crippen LogP contribution in [0.3, 0.4) is 0 Å². The van der Waals surface area contributed by atoms with Crippen molar-refractivity contribution >= 4 is 28.9 Å². The fourth-order valence-electron chi connectivity index (χ4n) is 0. The molecule has 0 aromatic heterocycles. The summed E-state index contributed by atoms with van der Waals surface area (Å²) in [5.74, 6) is 0. The van der Waals surface area contributed by atoms with E-state index in [0.29, 0.717) is 0 Å². The summed E-state index contributed by atoms with van der Waals surface area (Å²) in [5.41, 5.74) is 0. The van der Waals surface area contributed by atoms with Crippen molar-refractivity contribution in [1.29, 1.82) is 0 Å². The van der Waals surface area contributed by atoms with Gasteiger partial charge in [0.15, 0.2) is 0 Å². The third kappa shape index (κ3) is 4780. The second kappa shape index (κ2) is 22.6. The van der Waals surface area contributed by atoms with Crippen molar-refractivity contribution in [2.45, 2.75) is 0 Å². The third-order valence-corrected chi connectivity index (χ3v) is 0. The van der Waals surface area contributed by atoms with Crippen molar-refractivity contribution in [3.63, 3.8) is 0 Å². The molecule has 0 spiro atoms. The Morgan fingerprint density at radius 1 is 0.909 bits per heavy atom. The molecule has 11 heavy (non-hydrogen) atoms. The van der Waals surface area contributed by atoms with E-state index in [0.717, 1.165) is 0 Å². The number of carbonyl (C=O) groups is 2. The fraction of sp³-hybridized carbons (Fsp3) is 0. The zero-order valence-electron chi connectivity index (χ0n) is 5.18. The molecule has 0 saturated carbocycles. The molecule has 9 heteroatoms. The normalized spacial score (nSPS) is 5.00. The molecule has 0 bridgehead atoms. The Kier molecular flexibility index (Phi) is 46.1.